The molecule has 1 rings (SSSR count). The van der Waals surface area contributed by atoms with E-state index in [1.807, 2.05) is 0 Å². The van der Waals surface area contributed by atoms with Crippen molar-refractivity contribution in [1.82, 2.24) is 10.6 Å². The third kappa shape index (κ3) is 5.90. The van der Waals surface area contributed by atoms with Crippen LogP contribution in [0.2, 0.25) is 0 Å². The van der Waals surface area contributed by atoms with Crippen molar-refractivity contribution in [3.05, 3.63) is 35.6 Å². The minimum atomic E-state index is -0.266. The lowest BCUT2D eigenvalue weighted by molar-refractivity contribution is 0.240. The van der Waals surface area contributed by atoms with E-state index in [-0.39, 0.29) is 11.8 Å². The topological polar surface area (TPSA) is 41.1 Å². The molecule has 0 saturated carbocycles. The van der Waals surface area contributed by atoms with Gasteiger partial charge in [0.05, 0.1) is 0 Å². The van der Waals surface area contributed by atoms with Gasteiger partial charge in [-0.15, -0.1) is 0 Å². The van der Waals surface area contributed by atoms with Gasteiger partial charge in [-0.25, -0.2) is 9.18 Å². The smallest absolute Gasteiger partial charge is 0.315 e. The Bertz CT molecular complexity index is 338. The molecule has 0 atom stereocenters. The van der Waals surface area contributed by atoms with Crippen LogP contribution in [0.4, 0.5) is 9.18 Å². The van der Waals surface area contributed by atoms with Crippen LogP contribution < -0.4 is 10.6 Å². The maximum atomic E-state index is 12.6. The van der Waals surface area contributed by atoms with E-state index in [0.717, 1.165) is 24.8 Å². The number of hydrogen-bond acceptors (Lipinski definition) is 1. The van der Waals surface area contributed by atoms with Gasteiger partial charge < -0.3 is 10.6 Å². The van der Waals surface area contributed by atoms with E-state index >= 15 is 0 Å². The van der Waals surface area contributed by atoms with Crippen molar-refractivity contribution in [2.45, 2.75) is 32.7 Å². The molecule has 2 N–H and O–H groups in total. The largest absolute Gasteiger partial charge is 0.338 e. The molecular formula is C13H19FN2O. The first-order valence-corrected chi connectivity index (χ1v) is 5.98. The molecule has 0 spiro atoms. The van der Waals surface area contributed by atoms with Crippen LogP contribution in [0.15, 0.2) is 24.3 Å². The molecule has 1 aromatic rings. The molecule has 1 aromatic carbocycles. The molecule has 0 aliphatic heterocycles. The summed E-state index contributed by atoms with van der Waals surface area (Å²) < 4.78 is 12.6. The molecule has 0 aromatic heterocycles. The fourth-order valence-corrected chi connectivity index (χ4v) is 1.42. The van der Waals surface area contributed by atoms with Gasteiger partial charge in [0.15, 0.2) is 0 Å². The van der Waals surface area contributed by atoms with Crippen LogP contribution in [0.5, 0.6) is 0 Å². The molecule has 0 saturated heterocycles. The van der Waals surface area contributed by atoms with Crippen molar-refractivity contribution in [2.24, 2.45) is 0 Å². The maximum absolute atomic E-state index is 12.6. The van der Waals surface area contributed by atoms with E-state index in [2.05, 4.69) is 17.6 Å². The standard InChI is InChI=1S/C13H19FN2O/c1-2-3-4-9-15-13(17)16-10-11-5-7-12(14)8-6-11/h5-8H,2-4,9-10H2,1H3,(H2,15,16,17). The highest BCUT2D eigenvalue weighted by molar-refractivity contribution is 5.73. The number of halogens is 1. The van der Waals surface area contributed by atoms with Crippen LogP contribution in [0.3, 0.4) is 0 Å². The fraction of sp³-hybridized carbons (Fsp3) is 0.462. The molecule has 2 amide bonds. The summed E-state index contributed by atoms with van der Waals surface area (Å²) in [5.41, 5.74) is 0.884. The number of rotatable bonds is 6. The summed E-state index contributed by atoms with van der Waals surface area (Å²) in [6.45, 7) is 3.23. The molecule has 0 radical (unpaired) electrons. The lowest BCUT2D eigenvalue weighted by atomic mass is 10.2. The van der Waals surface area contributed by atoms with Gasteiger partial charge in [-0.1, -0.05) is 31.9 Å². The van der Waals surface area contributed by atoms with Crippen molar-refractivity contribution >= 4 is 6.03 Å². The molecule has 3 nitrogen and oxygen atoms in total. The highest BCUT2D eigenvalue weighted by Crippen LogP contribution is 2.01. The van der Waals surface area contributed by atoms with Crippen molar-refractivity contribution in [2.75, 3.05) is 6.54 Å². The molecule has 0 aliphatic rings. The van der Waals surface area contributed by atoms with Crippen molar-refractivity contribution in [3.8, 4) is 0 Å². The van der Waals surface area contributed by atoms with E-state index in [4.69, 9.17) is 0 Å². The van der Waals surface area contributed by atoms with Crippen LogP contribution >= 0.6 is 0 Å². The number of urea groups is 1. The SMILES string of the molecule is CCCCCNC(=O)NCc1ccc(F)cc1. The van der Waals surface area contributed by atoms with E-state index in [1.165, 1.54) is 12.1 Å². The number of amides is 2. The van der Waals surface area contributed by atoms with Crippen LogP contribution in [-0.2, 0) is 6.54 Å². The molecule has 17 heavy (non-hydrogen) atoms. The Kier molecular flexibility index (Phi) is 6.07. The lowest BCUT2D eigenvalue weighted by Gasteiger charge is -2.07. The van der Waals surface area contributed by atoms with Gasteiger partial charge in [0.2, 0.25) is 0 Å². The first-order valence-electron chi connectivity index (χ1n) is 5.98. The number of benzene rings is 1. The zero-order chi connectivity index (χ0) is 12.5. The van der Waals surface area contributed by atoms with Crippen molar-refractivity contribution in [1.29, 1.82) is 0 Å². The average Bonchev–Trinajstić information content (AvgIpc) is 2.34. The van der Waals surface area contributed by atoms with Crippen molar-refractivity contribution < 1.29 is 9.18 Å². The highest BCUT2D eigenvalue weighted by atomic mass is 19.1. The van der Waals surface area contributed by atoms with E-state index in [0.29, 0.717) is 13.1 Å². The average molecular weight is 238 g/mol. The van der Waals surface area contributed by atoms with Gasteiger partial charge in [-0.05, 0) is 24.1 Å². The summed E-state index contributed by atoms with van der Waals surface area (Å²) >= 11 is 0. The molecule has 4 heteroatoms. The summed E-state index contributed by atoms with van der Waals surface area (Å²) in [6, 6.07) is 5.91. The molecule has 0 bridgehead atoms. The van der Waals surface area contributed by atoms with Crippen LogP contribution in [0.1, 0.15) is 31.7 Å². The number of hydrogen-bond donors (Lipinski definition) is 2. The summed E-state index contributed by atoms with van der Waals surface area (Å²) in [6.07, 6.45) is 3.26. The minimum absolute atomic E-state index is 0.176. The lowest BCUT2D eigenvalue weighted by Crippen LogP contribution is -2.35. The Balaban J connectivity index is 2.17. The van der Waals surface area contributed by atoms with E-state index in [9.17, 15) is 9.18 Å². The van der Waals surface area contributed by atoms with Crippen LogP contribution in [0, 0.1) is 5.82 Å². The monoisotopic (exact) mass is 238 g/mol. The summed E-state index contributed by atoms with van der Waals surface area (Å²) in [4.78, 5) is 11.4. The number of carbonyl (C=O) groups excluding carboxylic acids is 1. The molecular weight excluding hydrogens is 219 g/mol. The maximum Gasteiger partial charge on any atom is 0.315 e. The van der Waals surface area contributed by atoms with Crippen molar-refractivity contribution in [3.63, 3.8) is 0 Å². The van der Waals surface area contributed by atoms with Gasteiger partial charge in [0.25, 0.3) is 0 Å². The Morgan fingerprint density at radius 2 is 1.88 bits per heavy atom. The van der Waals surface area contributed by atoms with E-state index in [1.54, 1.807) is 12.1 Å². The van der Waals surface area contributed by atoms with Crippen LogP contribution in [0.25, 0.3) is 0 Å². The third-order valence-electron chi connectivity index (χ3n) is 2.43. The number of nitrogens with one attached hydrogen (secondary N) is 2. The number of unbranched alkanes of at least 4 members (excludes halogenated alkanes) is 2. The van der Waals surface area contributed by atoms with Gasteiger partial charge >= 0.3 is 6.03 Å². The van der Waals surface area contributed by atoms with Gasteiger partial charge in [0.1, 0.15) is 5.82 Å². The second-order valence-corrected chi connectivity index (χ2v) is 3.94. The number of carbonyl (C=O) groups is 1. The zero-order valence-corrected chi connectivity index (χ0v) is 10.1. The quantitative estimate of drug-likeness (QED) is 0.735. The predicted octanol–water partition coefficient (Wildman–Crippen LogP) is 2.82. The second-order valence-electron chi connectivity index (χ2n) is 3.94. The first-order chi connectivity index (χ1) is 8.22. The summed E-state index contributed by atoms with van der Waals surface area (Å²) in [5.74, 6) is -0.266. The summed E-state index contributed by atoms with van der Waals surface area (Å²) in [7, 11) is 0. The van der Waals surface area contributed by atoms with Gasteiger partial charge in [-0.2, -0.15) is 0 Å². The van der Waals surface area contributed by atoms with Gasteiger partial charge in [0, 0.05) is 13.1 Å². The van der Waals surface area contributed by atoms with Crippen LogP contribution in [-0.4, -0.2) is 12.6 Å². The molecule has 0 aliphatic carbocycles. The molecule has 0 fully saturated rings. The Hall–Kier alpha value is -1.58. The summed E-state index contributed by atoms with van der Waals surface area (Å²) in [5, 5.41) is 5.50. The minimum Gasteiger partial charge on any atom is -0.338 e. The predicted molar refractivity (Wildman–Crippen MR) is 66.2 cm³/mol. The normalized spacial score (nSPS) is 10.0. The Morgan fingerprint density at radius 1 is 1.18 bits per heavy atom. The second kappa shape index (κ2) is 7.65. The zero-order valence-electron chi connectivity index (χ0n) is 10.1. The Morgan fingerprint density at radius 3 is 2.53 bits per heavy atom. The fourth-order valence-electron chi connectivity index (χ4n) is 1.42. The van der Waals surface area contributed by atoms with E-state index < -0.39 is 0 Å². The molecule has 0 heterocycles. The first kappa shape index (κ1) is 13.5. The van der Waals surface area contributed by atoms with Gasteiger partial charge in [-0.3, -0.25) is 0 Å². The third-order valence-corrected chi connectivity index (χ3v) is 2.43. The molecule has 0 unspecified atom stereocenters. The molecule has 94 valence electrons. The Labute approximate surface area is 101 Å². The highest BCUT2D eigenvalue weighted by Gasteiger charge is 1.99.